The third kappa shape index (κ3) is 7.83. The van der Waals surface area contributed by atoms with Gasteiger partial charge in [-0.1, -0.05) is 49.4 Å². The van der Waals surface area contributed by atoms with Crippen molar-refractivity contribution in [3.8, 4) is 0 Å². The molecule has 0 heterocycles. The first-order chi connectivity index (χ1) is 16.0. The lowest BCUT2D eigenvalue weighted by Gasteiger charge is -2.42. The van der Waals surface area contributed by atoms with Crippen molar-refractivity contribution >= 4 is 6.09 Å². The van der Waals surface area contributed by atoms with E-state index in [-0.39, 0.29) is 23.8 Å². The maximum Gasteiger partial charge on any atom is 0.407 e. The molecule has 33 heavy (non-hydrogen) atoms. The average molecular weight is 456 g/mol. The SMILES string of the molecule is CCCN(CCCc1ccc(F)cc1)C[C@@H]1C[C@H](N)CC[C@H]1N(Cc1ccccc1)C(=O)O. The molecule has 0 bridgehead atoms. The van der Waals surface area contributed by atoms with Gasteiger partial charge in [-0.25, -0.2) is 9.18 Å². The van der Waals surface area contributed by atoms with E-state index in [2.05, 4.69) is 11.8 Å². The van der Waals surface area contributed by atoms with Crippen molar-refractivity contribution in [2.45, 2.75) is 64.1 Å². The minimum Gasteiger partial charge on any atom is -0.465 e. The maximum atomic E-state index is 13.2. The van der Waals surface area contributed by atoms with Crippen molar-refractivity contribution in [1.82, 2.24) is 9.80 Å². The molecule has 0 radical (unpaired) electrons. The number of rotatable bonds is 11. The summed E-state index contributed by atoms with van der Waals surface area (Å²) in [6.07, 6.45) is 4.60. The van der Waals surface area contributed by atoms with Gasteiger partial charge in [-0.05, 0) is 80.8 Å². The lowest BCUT2D eigenvalue weighted by Crippen LogP contribution is -2.51. The van der Waals surface area contributed by atoms with Crippen molar-refractivity contribution in [2.75, 3.05) is 19.6 Å². The summed E-state index contributed by atoms with van der Waals surface area (Å²) < 4.78 is 13.2. The minimum absolute atomic E-state index is 0.0287. The predicted octanol–water partition coefficient (Wildman–Crippen LogP) is 5.15. The molecular weight excluding hydrogens is 417 g/mol. The Morgan fingerprint density at radius 2 is 1.79 bits per heavy atom. The molecule has 6 heteroatoms. The van der Waals surface area contributed by atoms with Crippen LogP contribution >= 0.6 is 0 Å². The zero-order valence-electron chi connectivity index (χ0n) is 19.7. The normalized spacial score (nSPS) is 20.7. The van der Waals surface area contributed by atoms with Crippen LogP contribution < -0.4 is 5.73 Å². The average Bonchev–Trinajstić information content (AvgIpc) is 2.80. The van der Waals surface area contributed by atoms with Crippen LogP contribution in [0.4, 0.5) is 9.18 Å². The van der Waals surface area contributed by atoms with Gasteiger partial charge in [0.1, 0.15) is 5.82 Å². The van der Waals surface area contributed by atoms with E-state index in [1.54, 1.807) is 4.90 Å². The van der Waals surface area contributed by atoms with Gasteiger partial charge in [-0.3, -0.25) is 0 Å². The molecule has 5 nitrogen and oxygen atoms in total. The number of carboxylic acid groups (broad SMARTS) is 1. The van der Waals surface area contributed by atoms with Gasteiger partial charge in [0, 0.05) is 25.2 Å². The van der Waals surface area contributed by atoms with Gasteiger partial charge in [-0.2, -0.15) is 0 Å². The summed E-state index contributed by atoms with van der Waals surface area (Å²) in [7, 11) is 0. The summed E-state index contributed by atoms with van der Waals surface area (Å²) in [5.74, 6) is 0.00968. The molecule has 1 saturated carbocycles. The fourth-order valence-electron chi connectivity index (χ4n) is 5.10. The van der Waals surface area contributed by atoms with E-state index in [0.717, 1.165) is 69.3 Å². The Morgan fingerprint density at radius 1 is 1.06 bits per heavy atom. The molecular formula is C27H38FN3O2. The molecule has 0 spiro atoms. The van der Waals surface area contributed by atoms with Crippen molar-refractivity contribution in [2.24, 2.45) is 11.7 Å². The van der Waals surface area contributed by atoms with Crippen LogP contribution in [0.3, 0.4) is 0 Å². The molecule has 2 aromatic rings. The van der Waals surface area contributed by atoms with Gasteiger partial charge in [0.05, 0.1) is 0 Å². The smallest absolute Gasteiger partial charge is 0.407 e. The number of aryl methyl sites for hydroxylation is 1. The van der Waals surface area contributed by atoms with E-state index in [1.807, 2.05) is 42.5 Å². The van der Waals surface area contributed by atoms with E-state index in [9.17, 15) is 14.3 Å². The Morgan fingerprint density at radius 3 is 2.45 bits per heavy atom. The summed E-state index contributed by atoms with van der Waals surface area (Å²) in [5.41, 5.74) is 8.50. The highest BCUT2D eigenvalue weighted by molar-refractivity contribution is 5.65. The number of nitrogens with two attached hydrogens (primary N) is 1. The Balaban J connectivity index is 1.65. The molecule has 1 fully saturated rings. The lowest BCUT2D eigenvalue weighted by molar-refractivity contribution is 0.0603. The van der Waals surface area contributed by atoms with E-state index in [0.29, 0.717) is 6.54 Å². The first-order valence-corrected chi connectivity index (χ1v) is 12.2. The van der Waals surface area contributed by atoms with E-state index in [4.69, 9.17) is 5.73 Å². The summed E-state index contributed by atoms with van der Waals surface area (Å²) >= 11 is 0. The maximum absolute atomic E-state index is 13.2. The van der Waals surface area contributed by atoms with E-state index in [1.165, 1.54) is 12.1 Å². The molecule has 1 aliphatic carbocycles. The van der Waals surface area contributed by atoms with Crippen molar-refractivity contribution in [1.29, 1.82) is 0 Å². The zero-order valence-corrected chi connectivity index (χ0v) is 19.7. The number of hydrogen-bond acceptors (Lipinski definition) is 3. The van der Waals surface area contributed by atoms with Gasteiger partial charge in [0.25, 0.3) is 0 Å². The van der Waals surface area contributed by atoms with E-state index >= 15 is 0 Å². The standard InChI is InChI=1S/C27H38FN3O2/c1-2-16-30(17-6-9-21-10-12-24(28)13-11-21)20-23-18-25(29)14-15-26(23)31(27(32)33)19-22-7-4-3-5-8-22/h3-5,7-8,10-13,23,25-26H,2,6,9,14-20,29H2,1H3,(H,32,33)/t23-,25+,26+/m0/s1. The predicted molar refractivity (Wildman–Crippen MR) is 131 cm³/mol. The first-order valence-electron chi connectivity index (χ1n) is 12.2. The molecule has 3 N–H and O–H groups in total. The van der Waals surface area contributed by atoms with E-state index < -0.39 is 6.09 Å². The minimum atomic E-state index is -0.859. The second kappa shape index (κ2) is 12.7. The van der Waals surface area contributed by atoms with Crippen LogP contribution in [0.5, 0.6) is 0 Å². The third-order valence-electron chi connectivity index (χ3n) is 6.71. The van der Waals surface area contributed by atoms with Crippen LogP contribution in [-0.2, 0) is 13.0 Å². The number of nitrogens with zero attached hydrogens (tertiary/aromatic N) is 2. The molecule has 0 aromatic heterocycles. The van der Waals surface area contributed by atoms with Gasteiger partial charge in [0.15, 0.2) is 0 Å². The molecule has 3 rings (SSSR count). The van der Waals surface area contributed by atoms with Gasteiger partial charge >= 0.3 is 6.09 Å². The van der Waals surface area contributed by atoms with Gasteiger partial charge < -0.3 is 20.6 Å². The molecule has 0 saturated heterocycles. The van der Waals surface area contributed by atoms with Gasteiger partial charge in [-0.15, -0.1) is 0 Å². The molecule has 2 aromatic carbocycles. The highest BCUT2D eigenvalue weighted by Gasteiger charge is 2.36. The third-order valence-corrected chi connectivity index (χ3v) is 6.71. The molecule has 1 aliphatic rings. The topological polar surface area (TPSA) is 69.8 Å². The Bertz CT molecular complexity index is 846. The van der Waals surface area contributed by atoms with Crippen LogP contribution in [0.2, 0.25) is 0 Å². The van der Waals surface area contributed by atoms with Crippen LogP contribution in [-0.4, -0.2) is 52.7 Å². The van der Waals surface area contributed by atoms with Crippen molar-refractivity contribution in [3.05, 3.63) is 71.5 Å². The summed E-state index contributed by atoms with van der Waals surface area (Å²) in [4.78, 5) is 16.3. The van der Waals surface area contributed by atoms with Crippen molar-refractivity contribution < 1.29 is 14.3 Å². The monoisotopic (exact) mass is 455 g/mol. The number of hydrogen-bond donors (Lipinski definition) is 2. The largest absolute Gasteiger partial charge is 0.465 e. The molecule has 0 unspecified atom stereocenters. The second-order valence-corrected chi connectivity index (χ2v) is 9.33. The zero-order chi connectivity index (χ0) is 23.6. The Kier molecular flexibility index (Phi) is 9.70. The van der Waals surface area contributed by atoms with Gasteiger partial charge in [0.2, 0.25) is 0 Å². The second-order valence-electron chi connectivity index (χ2n) is 9.33. The summed E-state index contributed by atoms with van der Waals surface area (Å²) in [6, 6.07) is 16.7. The fourth-order valence-corrected chi connectivity index (χ4v) is 5.10. The number of amides is 1. The van der Waals surface area contributed by atoms with Crippen LogP contribution in [0.15, 0.2) is 54.6 Å². The summed E-state index contributed by atoms with van der Waals surface area (Å²) in [5, 5.41) is 10.0. The molecule has 180 valence electrons. The van der Waals surface area contributed by atoms with Crippen molar-refractivity contribution in [3.63, 3.8) is 0 Å². The fraction of sp³-hybridized carbons (Fsp3) is 0.519. The number of benzene rings is 2. The van der Waals surface area contributed by atoms with Crippen LogP contribution in [0.25, 0.3) is 0 Å². The quantitative estimate of drug-likeness (QED) is 0.492. The summed E-state index contributed by atoms with van der Waals surface area (Å²) in [6.45, 7) is 5.36. The molecule has 1 amide bonds. The highest BCUT2D eigenvalue weighted by Crippen LogP contribution is 2.30. The lowest BCUT2D eigenvalue weighted by atomic mass is 9.80. The first kappa shape index (κ1) is 25.2. The number of carbonyl (C=O) groups is 1. The Labute approximate surface area is 197 Å². The molecule has 0 aliphatic heterocycles. The van der Waals surface area contributed by atoms with Crippen LogP contribution in [0.1, 0.15) is 50.2 Å². The highest BCUT2D eigenvalue weighted by atomic mass is 19.1. The number of halogens is 1. The van der Waals surface area contributed by atoms with Crippen LogP contribution in [0, 0.1) is 11.7 Å². The molecule has 3 atom stereocenters. The Hall–Kier alpha value is -2.44.